The number of fused-ring (bicyclic) bond motifs is 1. The molecule has 2 aliphatic heterocycles. The van der Waals surface area contributed by atoms with Crippen molar-refractivity contribution in [1.29, 1.82) is 0 Å². The molecule has 0 radical (unpaired) electrons. The average molecular weight is 441 g/mol. The minimum atomic E-state index is -0.294. The van der Waals surface area contributed by atoms with E-state index in [0.29, 0.717) is 6.42 Å². The van der Waals surface area contributed by atoms with Gasteiger partial charge in [-0.1, -0.05) is 80.9 Å². The molecule has 5 heteroatoms. The zero-order chi connectivity index (χ0) is 23.0. The van der Waals surface area contributed by atoms with Crippen LogP contribution in [0.2, 0.25) is 0 Å². The maximum atomic E-state index is 9.89. The zero-order valence-corrected chi connectivity index (χ0v) is 19.4. The number of hydrogen-bond donors (Lipinski definition) is 2. The van der Waals surface area contributed by atoms with Crippen molar-refractivity contribution in [2.24, 2.45) is 9.98 Å². The highest BCUT2D eigenvalue weighted by atomic mass is 16.3. The molecule has 4 rings (SSSR count). The minimum absolute atomic E-state index is 0.258. The van der Waals surface area contributed by atoms with Crippen molar-refractivity contribution in [2.45, 2.75) is 51.7 Å². The lowest BCUT2D eigenvalue weighted by Gasteiger charge is -2.25. The molecule has 1 unspecified atom stereocenters. The van der Waals surface area contributed by atoms with Gasteiger partial charge in [0.15, 0.2) is 5.82 Å². The summed E-state index contributed by atoms with van der Waals surface area (Å²) in [5, 5.41) is 11.9. The molecule has 0 aliphatic carbocycles. The van der Waals surface area contributed by atoms with Crippen LogP contribution in [0.4, 0.5) is 0 Å². The molecule has 2 aromatic rings. The molecular formula is C28H32N4O. The standard InChI is InChI=1S/C28H32N4O/c1-3-8-25-18-27-29-20-24(16-15-21-9-6-5-7-10-21)28(32(27)31-25)30-19-23-13-11-22(12-14-23)17-26(33)4-2/h5-7,9-16,18-20,25-26,31,33H,3-4,8,17H2,1-2H3/b16-15+,30-19+/t25?,26-/m1/s1. The summed E-state index contributed by atoms with van der Waals surface area (Å²) in [6.45, 7) is 4.18. The van der Waals surface area contributed by atoms with E-state index < -0.39 is 0 Å². The van der Waals surface area contributed by atoms with Crippen molar-refractivity contribution < 1.29 is 5.11 Å². The van der Waals surface area contributed by atoms with Gasteiger partial charge in [-0.05, 0) is 48.1 Å². The molecule has 0 amide bonds. The average Bonchev–Trinajstić information content (AvgIpc) is 3.26. The molecule has 0 bridgehead atoms. The number of nitrogens with zero attached hydrogens (tertiary/aromatic N) is 3. The molecule has 33 heavy (non-hydrogen) atoms. The summed E-state index contributed by atoms with van der Waals surface area (Å²) in [4.78, 5) is 9.54. The zero-order valence-electron chi connectivity index (χ0n) is 19.4. The third kappa shape index (κ3) is 5.95. The largest absolute Gasteiger partial charge is 0.393 e. The van der Waals surface area contributed by atoms with Gasteiger partial charge >= 0.3 is 0 Å². The molecule has 0 saturated carbocycles. The summed E-state index contributed by atoms with van der Waals surface area (Å²) in [6, 6.07) is 18.7. The molecule has 170 valence electrons. The van der Waals surface area contributed by atoms with E-state index in [0.717, 1.165) is 53.2 Å². The van der Waals surface area contributed by atoms with Crippen LogP contribution in [0.1, 0.15) is 49.8 Å². The number of aliphatic hydroxyl groups is 1. The molecule has 2 N–H and O–H groups in total. The lowest BCUT2D eigenvalue weighted by atomic mass is 10.0. The summed E-state index contributed by atoms with van der Waals surface area (Å²) in [5.74, 6) is 1.72. The molecule has 0 spiro atoms. The number of hydrogen-bond acceptors (Lipinski definition) is 5. The maximum Gasteiger partial charge on any atom is 0.157 e. The minimum Gasteiger partial charge on any atom is -0.393 e. The van der Waals surface area contributed by atoms with Crippen LogP contribution in [0.15, 0.2) is 93.9 Å². The van der Waals surface area contributed by atoms with Crippen molar-refractivity contribution in [1.82, 2.24) is 10.4 Å². The number of benzene rings is 2. The fourth-order valence-electron chi connectivity index (χ4n) is 3.87. The van der Waals surface area contributed by atoms with Gasteiger partial charge < -0.3 is 5.11 Å². The molecular weight excluding hydrogens is 408 g/mol. The topological polar surface area (TPSA) is 60.2 Å². The quantitative estimate of drug-likeness (QED) is 0.523. The smallest absolute Gasteiger partial charge is 0.157 e. The molecule has 0 saturated heterocycles. The number of rotatable bonds is 9. The van der Waals surface area contributed by atoms with Crippen LogP contribution < -0.4 is 5.43 Å². The van der Waals surface area contributed by atoms with Gasteiger partial charge in [-0.2, -0.15) is 0 Å². The summed E-state index contributed by atoms with van der Waals surface area (Å²) >= 11 is 0. The predicted molar refractivity (Wildman–Crippen MR) is 137 cm³/mol. The van der Waals surface area contributed by atoms with Crippen LogP contribution in [0.25, 0.3) is 6.08 Å². The van der Waals surface area contributed by atoms with Crippen molar-refractivity contribution >= 4 is 18.5 Å². The Balaban J connectivity index is 1.59. The summed E-state index contributed by atoms with van der Waals surface area (Å²) in [7, 11) is 0. The molecule has 0 aromatic heterocycles. The second-order valence-corrected chi connectivity index (χ2v) is 8.43. The van der Waals surface area contributed by atoms with Crippen molar-refractivity contribution in [3.63, 3.8) is 0 Å². The Morgan fingerprint density at radius 1 is 1.06 bits per heavy atom. The SMILES string of the molecule is CCCC1C=C2N=CC(/C=C/c3ccccc3)=C(/N=C/c3ccc(C[C@H](O)CC)cc3)N2N1. The maximum absolute atomic E-state index is 9.89. The Kier molecular flexibility index (Phi) is 7.66. The molecule has 2 aliphatic rings. The Labute approximate surface area is 196 Å². The monoisotopic (exact) mass is 440 g/mol. The van der Waals surface area contributed by atoms with Gasteiger partial charge in [-0.15, -0.1) is 0 Å². The van der Waals surface area contributed by atoms with Crippen LogP contribution in [0.3, 0.4) is 0 Å². The Hall–Kier alpha value is -3.28. The highest BCUT2D eigenvalue weighted by Gasteiger charge is 2.28. The van der Waals surface area contributed by atoms with Gasteiger partial charge in [0, 0.05) is 24.0 Å². The van der Waals surface area contributed by atoms with Crippen molar-refractivity contribution in [2.75, 3.05) is 0 Å². The van der Waals surface area contributed by atoms with E-state index in [1.54, 1.807) is 0 Å². The summed E-state index contributed by atoms with van der Waals surface area (Å²) in [5.41, 5.74) is 7.76. The number of hydrazine groups is 1. The molecule has 5 nitrogen and oxygen atoms in total. The fraction of sp³-hybridized carbons (Fsp3) is 0.286. The first-order chi connectivity index (χ1) is 16.2. The highest BCUT2D eigenvalue weighted by molar-refractivity contribution is 5.88. The van der Waals surface area contributed by atoms with Gasteiger partial charge in [0.05, 0.1) is 6.10 Å². The normalized spacial score (nSPS) is 18.9. The molecule has 2 aromatic carbocycles. The van der Waals surface area contributed by atoms with Gasteiger partial charge in [0.25, 0.3) is 0 Å². The Bertz CT molecular complexity index is 1080. The van der Waals surface area contributed by atoms with Crippen LogP contribution >= 0.6 is 0 Å². The Morgan fingerprint density at radius 3 is 2.58 bits per heavy atom. The van der Waals surface area contributed by atoms with Crippen LogP contribution in [0, 0.1) is 0 Å². The van der Waals surface area contributed by atoms with Gasteiger partial charge in [-0.25, -0.2) is 20.4 Å². The third-order valence-corrected chi connectivity index (χ3v) is 5.79. The fourth-order valence-corrected chi connectivity index (χ4v) is 3.87. The van der Waals surface area contributed by atoms with Crippen molar-refractivity contribution in [3.8, 4) is 0 Å². The van der Waals surface area contributed by atoms with Gasteiger partial charge in [0.2, 0.25) is 0 Å². The number of aliphatic imine (C=N–C) groups is 2. The van der Waals surface area contributed by atoms with Crippen LogP contribution in [-0.4, -0.2) is 34.7 Å². The van der Waals surface area contributed by atoms with E-state index in [2.05, 4.69) is 59.8 Å². The Morgan fingerprint density at radius 2 is 1.85 bits per heavy atom. The second kappa shape index (κ2) is 11.0. The number of nitrogens with one attached hydrogen (secondary N) is 1. The first-order valence-corrected chi connectivity index (χ1v) is 11.8. The van der Waals surface area contributed by atoms with Crippen LogP contribution in [-0.2, 0) is 6.42 Å². The highest BCUT2D eigenvalue weighted by Crippen LogP contribution is 2.28. The van der Waals surface area contributed by atoms with Crippen LogP contribution in [0.5, 0.6) is 0 Å². The van der Waals surface area contributed by atoms with Crippen molar-refractivity contribution in [3.05, 3.63) is 101 Å². The number of allylic oxidation sites excluding steroid dienone is 2. The lowest BCUT2D eigenvalue weighted by Crippen LogP contribution is -2.37. The first kappa shape index (κ1) is 22.9. The first-order valence-electron chi connectivity index (χ1n) is 11.8. The summed E-state index contributed by atoms with van der Waals surface area (Å²) < 4.78 is 0. The van der Waals surface area contributed by atoms with E-state index in [-0.39, 0.29) is 12.1 Å². The lowest BCUT2D eigenvalue weighted by molar-refractivity contribution is 0.171. The molecule has 2 heterocycles. The number of aliphatic hydroxyl groups excluding tert-OH is 1. The van der Waals surface area contributed by atoms with Gasteiger partial charge in [-0.3, -0.25) is 0 Å². The predicted octanol–water partition coefficient (Wildman–Crippen LogP) is 5.26. The molecule has 2 atom stereocenters. The van der Waals surface area contributed by atoms with E-state index in [9.17, 15) is 5.11 Å². The second-order valence-electron chi connectivity index (χ2n) is 8.43. The van der Waals surface area contributed by atoms with E-state index in [1.165, 1.54) is 0 Å². The summed E-state index contributed by atoms with van der Waals surface area (Å²) in [6.07, 6.45) is 13.4. The van der Waals surface area contributed by atoms with E-state index in [1.807, 2.05) is 54.7 Å². The molecule has 0 fully saturated rings. The van der Waals surface area contributed by atoms with E-state index >= 15 is 0 Å². The van der Waals surface area contributed by atoms with E-state index in [4.69, 9.17) is 4.99 Å². The third-order valence-electron chi connectivity index (χ3n) is 5.79. The van der Waals surface area contributed by atoms with Gasteiger partial charge in [0.1, 0.15) is 5.82 Å².